The van der Waals surface area contributed by atoms with Crippen LogP contribution in [0.15, 0.2) is 30.5 Å². The van der Waals surface area contributed by atoms with Gasteiger partial charge in [0.1, 0.15) is 11.3 Å². The van der Waals surface area contributed by atoms with Crippen LogP contribution in [0.4, 0.5) is 0 Å². The molecule has 0 N–H and O–H groups in total. The molecule has 0 radical (unpaired) electrons. The highest BCUT2D eigenvalue weighted by Gasteiger charge is 2.24. The fraction of sp³-hybridized carbons (Fsp3) is 0.316. The first-order valence-electron chi connectivity index (χ1n) is 8.66. The highest BCUT2D eigenvalue weighted by molar-refractivity contribution is 6.38. The molecule has 1 aliphatic rings. The second-order valence-corrected chi connectivity index (χ2v) is 7.19. The van der Waals surface area contributed by atoms with Crippen LogP contribution in [0.25, 0.3) is 11.2 Å². The van der Waals surface area contributed by atoms with Gasteiger partial charge in [0.25, 0.3) is 5.91 Å². The van der Waals surface area contributed by atoms with Crippen LogP contribution < -0.4 is 0 Å². The Balaban J connectivity index is 1.70. The molecule has 0 atom stereocenters. The number of carbonyl (C=O) groups excluding carboxylic acids is 1. The van der Waals surface area contributed by atoms with Crippen molar-refractivity contribution >= 4 is 40.3 Å². The molecule has 1 aromatic carbocycles. The van der Waals surface area contributed by atoms with E-state index in [0.29, 0.717) is 53.9 Å². The maximum Gasteiger partial charge on any atom is 0.255 e. The molecular formula is C19H18Cl2N4O2. The van der Waals surface area contributed by atoms with E-state index in [1.54, 1.807) is 23.2 Å². The number of rotatable bonds is 3. The summed E-state index contributed by atoms with van der Waals surface area (Å²) in [5.74, 6) is 0.677. The molecule has 1 fully saturated rings. The Morgan fingerprint density at radius 2 is 2.00 bits per heavy atom. The fourth-order valence-corrected chi connectivity index (χ4v) is 3.83. The van der Waals surface area contributed by atoms with Crippen LogP contribution in [-0.2, 0) is 18.2 Å². The van der Waals surface area contributed by atoms with E-state index in [9.17, 15) is 4.79 Å². The zero-order valence-corrected chi connectivity index (χ0v) is 16.3. The molecule has 8 heteroatoms. The Morgan fingerprint density at radius 1 is 1.22 bits per heavy atom. The average molecular weight is 405 g/mol. The summed E-state index contributed by atoms with van der Waals surface area (Å²) < 4.78 is 7.23. The lowest BCUT2D eigenvalue weighted by atomic mass is 10.1. The maximum absolute atomic E-state index is 12.9. The summed E-state index contributed by atoms with van der Waals surface area (Å²) in [7, 11) is 1.90. The van der Waals surface area contributed by atoms with Gasteiger partial charge in [0.2, 0.25) is 0 Å². The lowest BCUT2D eigenvalue weighted by molar-refractivity contribution is 0.0303. The highest BCUT2D eigenvalue weighted by Crippen LogP contribution is 2.31. The van der Waals surface area contributed by atoms with Crippen LogP contribution >= 0.6 is 23.2 Å². The molecule has 4 rings (SSSR count). The van der Waals surface area contributed by atoms with Gasteiger partial charge in [-0.25, -0.2) is 9.97 Å². The van der Waals surface area contributed by atoms with Crippen LogP contribution in [0.2, 0.25) is 10.0 Å². The fourth-order valence-electron chi connectivity index (χ4n) is 3.25. The first-order valence-corrected chi connectivity index (χ1v) is 9.42. The van der Waals surface area contributed by atoms with Crippen molar-refractivity contribution in [3.05, 3.63) is 57.5 Å². The molecule has 1 amide bonds. The number of ether oxygens (including phenoxy) is 1. The minimum absolute atomic E-state index is 0.104. The first-order chi connectivity index (χ1) is 13.1. The zero-order valence-electron chi connectivity index (χ0n) is 14.8. The summed E-state index contributed by atoms with van der Waals surface area (Å²) in [6, 6.07) is 7.16. The van der Waals surface area contributed by atoms with Crippen molar-refractivity contribution < 1.29 is 9.53 Å². The number of nitrogens with zero attached hydrogens (tertiary/aromatic N) is 4. The summed E-state index contributed by atoms with van der Waals surface area (Å²) >= 11 is 13.0. The van der Waals surface area contributed by atoms with E-state index in [1.165, 1.54) is 0 Å². The van der Waals surface area contributed by atoms with Crippen molar-refractivity contribution in [2.24, 2.45) is 7.05 Å². The number of imidazole rings is 1. The van der Waals surface area contributed by atoms with Crippen LogP contribution in [0, 0.1) is 0 Å². The standard InChI is InChI=1S/C19H18Cl2N4O2/c1-24-16(23-15-3-2-6-22-18(15)24)11-13-14(20)5-4-12(17(13)21)19(26)25-7-9-27-10-8-25/h2-6H,7-11H2,1H3. The van der Waals surface area contributed by atoms with E-state index in [4.69, 9.17) is 27.9 Å². The van der Waals surface area contributed by atoms with Crippen molar-refractivity contribution in [3.8, 4) is 0 Å². The summed E-state index contributed by atoms with van der Waals surface area (Å²) in [5, 5.41) is 0.887. The lowest BCUT2D eigenvalue weighted by Gasteiger charge is -2.27. The van der Waals surface area contributed by atoms with E-state index in [2.05, 4.69) is 9.97 Å². The second-order valence-electron chi connectivity index (χ2n) is 6.40. The summed E-state index contributed by atoms with van der Waals surface area (Å²) in [6.45, 7) is 2.19. The minimum Gasteiger partial charge on any atom is -0.378 e. The monoisotopic (exact) mass is 404 g/mol. The molecule has 0 saturated carbocycles. The number of aryl methyl sites for hydroxylation is 1. The van der Waals surface area contributed by atoms with Gasteiger partial charge in [0.15, 0.2) is 5.65 Å². The summed E-state index contributed by atoms with van der Waals surface area (Å²) in [5.41, 5.74) is 2.74. The third-order valence-electron chi connectivity index (χ3n) is 4.77. The van der Waals surface area contributed by atoms with E-state index >= 15 is 0 Å². The van der Waals surface area contributed by atoms with Crippen LogP contribution in [0.1, 0.15) is 21.7 Å². The van der Waals surface area contributed by atoms with E-state index < -0.39 is 0 Å². The molecule has 0 bridgehead atoms. The molecule has 0 spiro atoms. The molecule has 1 aliphatic heterocycles. The molecule has 0 aliphatic carbocycles. The quantitative estimate of drug-likeness (QED) is 0.671. The van der Waals surface area contributed by atoms with Crippen molar-refractivity contribution in [1.82, 2.24) is 19.4 Å². The second kappa shape index (κ2) is 7.46. The zero-order chi connectivity index (χ0) is 19.0. The van der Waals surface area contributed by atoms with Crippen molar-refractivity contribution in [2.75, 3.05) is 26.3 Å². The number of pyridine rings is 1. The number of benzene rings is 1. The Bertz CT molecular complexity index is 1010. The summed E-state index contributed by atoms with van der Waals surface area (Å²) in [4.78, 5) is 23.6. The lowest BCUT2D eigenvalue weighted by Crippen LogP contribution is -2.40. The largest absolute Gasteiger partial charge is 0.378 e. The van der Waals surface area contributed by atoms with E-state index in [-0.39, 0.29) is 5.91 Å². The van der Waals surface area contributed by atoms with Crippen molar-refractivity contribution in [3.63, 3.8) is 0 Å². The normalized spacial score (nSPS) is 14.7. The van der Waals surface area contributed by atoms with Gasteiger partial charge in [-0.1, -0.05) is 23.2 Å². The van der Waals surface area contributed by atoms with Gasteiger partial charge in [-0.3, -0.25) is 4.79 Å². The molecule has 140 valence electrons. The number of aromatic nitrogens is 3. The topological polar surface area (TPSA) is 60.2 Å². The number of hydrogen-bond donors (Lipinski definition) is 0. The Kier molecular flexibility index (Phi) is 5.04. The first kappa shape index (κ1) is 18.2. The molecule has 2 aromatic heterocycles. The molecule has 1 saturated heterocycles. The van der Waals surface area contributed by atoms with E-state index in [0.717, 1.165) is 17.0 Å². The number of hydrogen-bond acceptors (Lipinski definition) is 4. The summed E-state index contributed by atoms with van der Waals surface area (Å²) in [6.07, 6.45) is 2.14. The molecule has 3 heterocycles. The number of amides is 1. The van der Waals surface area contributed by atoms with Gasteiger partial charge in [0, 0.05) is 37.8 Å². The van der Waals surface area contributed by atoms with Crippen molar-refractivity contribution in [2.45, 2.75) is 6.42 Å². The Hall–Kier alpha value is -2.15. The number of morpholine rings is 1. The van der Waals surface area contributed by atoms with Gasteiger partial charge < -0.3 is 14.2 Å². The predicted octanol–water partition coefficient (Wildman–Crippen LogP) is 3.34. The smallest absolute Gasteiger partial charge is 0.255 e. The van der Waals surface area contributed by atoms with Crippen LogP contribution in [0.3, 0.4) is 0 Å². The van der Waals surface area contributed by atoms with E-state index in [1.807, 2.05) is 23.7 Å². The molecule has 27 heavy (non-hydrogen) atoms. The number of halogens is 2. The number of carbonyl (C=O) groups is 1. The SMILES string of the molecule is Cn1c(Cc2c(Cl)ccc(C(=O)N3CCOCC3)c2Cl)nc2cccnc21. The third-order valence-corrected chi connectivity index (χ3v) is 5.56. The van der Waals surface area contributed by atoms with Gasteiger partial charge in [-0.15, -0.1) is 0 Å². The average Bonchev–Trinajstić information content (AvgIpc) is 3.01. The van der Waals surface area contributed by atoms with Gasteiger partial charge in [-0.05, 0) is 29.8 Å². The van der Waals surface area contributed by atoms with Crippen molar-refractivity contribution in [1.29, 1.82) is 0 Å². The van der Waals surface area contributed by atoms with Gasteiger partial charge in [-0.2, -0.15) is 0 Å². The Morgan fingerprint density at radius 3 is 2.74 bits per heavy atom. The molecular weight excluding hydrogens is 387 g/mol. The molecule has 6 nitrogen and oxygen atoms in total. The Labute approximate surface area is 166 Å². The van der Waals surface area contributed by atoms with Gasteiger partial charge >= 0.3 is 0 Å². The third kappa shape index (κ3) is 3.40. The number of fused-ring (bicyclic) bond motifs is 1. The highest BCUT2D eigenvalue weighted by atomic mass is 35.5. The molecule has 3 aromatic rings. The van der Waals surface area contributed by atoms with Crippen LogP contribution in [-0.4, -0.2) is 51.6 Å². The predicted molar refractivity (Wildman–Crippen MR) is 104 cm³/mol. The minimum atomic E-state index is -0.104. The van der Waals surface area contributed by atoms with Crippen LogP contribution in [0.5, 0.6) is 0 Å². The maximum atomic E-state index is 12.9. The molecule has 0 unspecified atom stereocenters. The van der Waals surface area contributed by atoms with Gasteiger partial charge in [0.05, 0.1) is 23.8 Å².